The highest BCUT2D eigenvalue weighted by molar-refractivity contribution is 9.10. The van der Waals surface area contributed by atoms with Crippen LogP contribution in [-0.4, -0.2) is 37.1 Å². The maximum absolute atomic E-state index is 11.7. The summed E-state index contributed by atoms with van der Waals surface area (Å²) in [7, 11) is 0. The van der Waals surface area contributed by atoms with E-state index in [0.717, 1.165) is 29.8 Å². The molecule has 0 aliphatic heterocycles. The monoisotopic (exact) mass is 313 g/mol. The molecule has 100 valence electrons. The Kier molecular flexibility index (Phi) is 6.75. The average Bonchev–Trinajstić information content (AvgIpc) is 2.37. The summed E-state index contributed by atoms with van der Waals surface area (Å²) in [4.78, 5) is 13.9. The van der Waals surface area contributed by atoms with E-state index in [2.05, 4.69) is 45.3 Å². The Labute approximate surface area is 117 Å². The molecule has 0 aliphatic carbocycles. The lowest BCUT2D eigenvalue weighted by molar-refractivity contribution is 0.248. The Morgan fingerprint density at radius 2 is 1.94 bits per heavy atom. The molecule has 1 aromatic carbocycles. The van der Waals surface area contributed by atoms with Crippen LogP contribution in [0.3, 0.4) is 0 Å². The lowest BCUT2D eigenvalue weighted by atomic mass is 10.3. The third-order valence-corrected chi connectivity index (χ3v) is 3.42. The summed E-state index contributed by atoms with van der Waals surface area (Å²) in [5, 5.41) is 5.65. The van der Waals surface area contributed by atoms with Crippen LogP contribution in [0, 0.1) is 0 Å². The summed E-state index contributed by atoms with van der Waals surface area (Å²) in [5.41, 5.74) is 0.776. The van der Waals surface area contributed by atoms with E-state index >= 15 is 0 Å². The van der Waals surface area contributed by atoms with Gasteiger partial charge in [0.25, 0.3) is 0 Å². The molecule has 1 aromatic rings. The number of likely N-dealkylation sites (N-methyl/N-ethyl adjacent to an activating group) is 1. The maximum Gasteiger partial charge on any atom is 0.319 e. The Morgan fingerprint density at radius 1 is 1.28 bits per heavy atom. The molecule has 1 rings (SSSR count). The summed E-state index contributed by atoms with van der Waals surface area (Å²) >= 11 is 3.39. The molecule has 0 aliphatic rings. The van der Waals surface area contributed by atoms with E-state index in [4.69, 9.17) is 0 Å². The van der Waals surface area contributed by atoms with E-state index in [9.17, 15) is 4.79 Å². The van der Waals surface area contributed by atoms with Gasteiger partial charge in [-0.2, -0.15) is 0 Å². The summed E-state index contributed by atoms with van der Waals surface area (Å²) in [5.74, 6) is 0. The number of hydrogen-bond acceptors (Lipinski definition) is 2. The van der Waals surface area contributed by atoms with E-state index in [1.807, 2.05) is 24.3 Å². The maximum atomic E-state index is 11.7. The smallest absolute Gasteiger partial charge is 0.319 e. The van der Waals surface area contributed by atoms with Gasteiger partial charge >= 0.3 is 6.03 Å². The number of rotatable bonds is 6. The van der Waals surface area contributed by atoms with Crippen LogP contribution in [0.2, 0.25) is 0 Å². The first-order valence-electron chi connectivity index (χ1n) is 6.19. The number of hydrogen-bond donors (Lipinski definition) is 2. The predicted molar refractivity (Wildman–Crippen MR) is 79.0 cm³/mol. The van der Waals surface area contributed by atoms with Gasteiger partial charge in [0.05, 0.1) is 5.69 Å². The molecule has 0 bridgehead atoms. The molecule has 0 aromatic heterocycles. The van der Waals surface area contributed by atoms with Gasteiger partial charge in [0.1, 0.15) is 0 Å². The van der Waals surface area contributed by atoms with Crippen LogP contribution in [0.15, 0.2) is 28.7 Å². The number of carbonyl (C=O) groups is 1. The van der Waals surface area contributed by atoms with Gasteiger partial charge in [-0.1, -0.05) is 26.0 Å². The zero-order valence-electron chi connectivity index (χ0n) is 10.9. The van der Waals surface area contributed by atoms with E-state index in [1.54, 1.807) is 0 Å². The minimum atomic E-state index is -0.172. The second-order valence-electron chi connectivity index (χ2n) is 3.89. The fraction of sp³-hybridized carbons (Fsp3) is 0.462. The molecule has 0 spiro atoms. The summed E-state index contributed by atoms with van der Waals surface area (Å²) in [6, 6.07) is 7.37. The van der Waals surface area contributed by atoms with Gasteiger partial charge in [-0.25, -0.2) is 4.79 Å². The standard InChI is InChI=1S/C13H20BrN3O/c1-3-17(4-2)10-9-15-13(18)16-12-8-6-5-7-11(12)14/h5-8H,3-4,9-10H2,1-2H3,(H2,15,16,18). The molecule has 0 fully saturated rings. The number of nitrogens with one attached hydrogen (secondary N) is 2. The predicted octanol–water partition coefficient (Wildman–Crippen LogP) is 2.91. The molecule has 0 saturated heterocycles. The molecular formula is C13H20BrN3O. The topological polar surface area (TPSA) is 44.4 Å². The van der Waals surface area contributed by atoms with Gasteiger partial charge in [-0.15, -0.1) is 0 Å². The molecule has 4 nitrogen and oxygen atoms in total. The van der Waals surface area contributed by atoms with Crippen LogP contribution < -0.4 is 10.6 Å². The number of urea groups is 1. The minimum Gasteiger partial charge on any atom is -0.337 e. The van der Waals surface area contributed by atoms with E-state index < -0.39 is 0 Å². The van der Waals surface area contributed by atoms with E-state index in [0.29, 0.717) is 6.54 Å². The molecule has 0 atom stereocenters. The molecule has 2 N–H and O–H groups in total. The molecule has 2 amide bonds. The van der Waals surface area contributed by atoms with Crippen LogP contribution in [0.1, 0.15) is 13.8 Å². The van der Waals surface area contributed by atoms with Gasteiger partial charge in [0.2, 0.25) is 0 Å². The largest absolute Gasteiger partial charge is 0.337 e. The van der Waals surface area contributed by atoms with Crippen LogP contribution in [0.5, 0.6) is 0 Å². The fourth-order valence-electron chi connectivity index (χ4n) is 1.60. The van der Waals surface area contributed by atoms with Gasteiger partial charge < -0.3 is 15.5 Å². The molecule has 0 saturated carbocycles. The Hall–Kier alpha value is -1.07. The summed E-state index contributed by atoms with van der Waals surface area (Å²) in [6.45, 7) is 7.76. The molecule has 0 unspecified atom stereocenters. The van der Waals surface area contributed by atoms with Crippen molar-refractivity contribution < 1.29 is 4.79 Å². The number of para-hydroxylation sites is 1. The number of anilines is 1. The number of carbonyl (C=O) groups excluding carboxylic acids is 1. The molecule has 5 heteroatoms. The molecule has 18 heavy (non-hydrogen) atoms. The first kappa shape index (κ1) is 15.0. The van der Waals surface area contributed by atoms with Crippen molar-refractivity contribution in [2.45, 2.75) is 13.8 Å². The first-order chi connectivity index (χ1) is 8.67. The SMILES string of the molecule is CCN(CC)CCNC(=O)Nc1ccccc1Br. The lowest BCUT2D eigenvalue weighted by Gasteiger charge is -2.18. The van der Waals surface area contributed by atoms with E-state index in [-0.39, 0.29) is 6.03 Å². The first-order valence-corrected chi connectivity index (χ1v) is 6.98. The van der Waals surface area contributed by atoms with Crippen LogP contribution in [-0.2, 0) is 0 Å². The van der Waals surface area contributed by atoms with Crippen molar-refractivity contribution in [2.75, 3.05) is 31.5 Å². The number of nitrogens with zero attached hydrogens (tertiary/aromatic N) is 1. The van der Waals surface area contributed by atoms with Gasteiger partial charge in [-0.3, -0.25) is 0 Å². The van der Waals surface area contributed by atoms with Crippen molar-refractivity contribution in [2.24, 2.45) is 0 Å². The fourth-order valence-corrected chi connectivity index (χ4v) is 1.98. The van der Waals surface area contributed by atoms with Crippen molar-refractivity contribution in [1.29, 1.82) is 0 Å². The molecule has 0 radical (unpaired) electrons. The van der Waals surface area contributed by atoms with Crippen molar-refractivity contribution in [3.8, 4) is 0 Å². The number of halogens is 1. The Balaban J connectivity index is 2.32. The second-order valence-corrected chi connectivity index (χ2v) is 4.74. The van der Waals surface area contributed by atoms with Gasteiger partial charge in [0, 0.05) is 17.6 Å². The average molecular weight is 314 g/mol. The lowest BCUT2D eigenvalue weighted by Crippen LogP contribution is -2.36. The van der Waals surface area contributed by atoms with Crippen molar-refractivity contribution in [3.05, 3.63) is 28.7 Å². The highest BCUT2D eigenvalue weighted by Crippen LogP contribution is 2.20. The quantitative estimate of drug-likeness (QED) is 0.848. The Morgan fingerprint density at radius 3 is 2.56 bits per heavy atom. The molecule has 0 heterocycles. The van der Waals surface area contributed by atoms with Crippen molar-refractivity contribution >= 4 is 27.6 Å². The summed E-state index contributed by atoms with van der Waals surface area (Å²) < 4.78 is 0.879. The highest BCUT2D eigenvalue weighted by Gasteiger charge is 2.04. The third-order valence-electron chi connectivity index (χ3n) is 2.73. The normalized spacial score (nSPS) is 10.4. The van der Waals surface area contributed by atoms with Gasteiger partial charge in [-0.05, 0) is 41.2 Å². The van der Waals surface area contributed by atoms with Crippen molar-refractivity contribution in [1.82, 2.24) is 10.2 Å². The minimum absolute atomic E-state index is 0.172. The zero-order chi connectivity index (χ0) is 13.4. The van der Waals surface area contributed by atoms with E-state index in [1.165, 1.54) is 0 Å². The van der Waals surface area contributed by atoms with Crippen LogP contribution in [0.25, 0.3) is 0 Å². The van der Waals surface area contributed by atoms with Crippen LogP contribution in [0.4, 0.5) is 10.5 Å². The van der Waals surface area contributed by atoms with Crippen molar-refractivity contribution in [3.63, 3.8) is 0 Å². The molecular weight excluding hydrogens is 294 g/mol. The highest BCUT2D eigenvalue weighted by atomic mass is 79.9. The van der Waals surface area contributed by atoms with Crippen LogP contribution >= 0.6 is 15.9 Å². The summed E-state index contributed by atoms with van der Waals surface area (Å²) in [6.07, 6.45) is 0. The second kappa shape index (κ2) is 8.11. The zero-order valence-corrected chi connectivity index (χ0v) is 12.5. The number of amides is 2. The third kappa shape index (κ3) is 5.06. The number of benzene rings is 1. The van der Waals surface area contributed by atoms with Gasteiger partial charge in [0.15, 0.2) is 0 Å². The Bertz CT molecular complexity index is 380.